The van der Waals surface area contributed by atoms with Crippen molar-refractivity contribution in [3.8, 4) is 0 Å². The van der Waals surface area contributed by atoms with Crippen molar-refractivity contribution < 1.29 is 14.7 Å². The van der Waals surface area contributed by atoms with Gasteiger partial charge in [0, 0.05) is 10.3 Å². The summed E-state index contributed by atoms with van der Waals surface area (Å²) in [7, 11) is 0. The molecule has 0 aliphatic heterocycles. The summed E-state index contributed by atoms with van der Waals surface area (Å²) in [5.41, 5.74) is 3.60. The lowest BCUT2D eigenvalue weighted by Crippen LogP contribution is -2.55. The van der Waals surface area contributed by atoms with Crippen LogP contribution in [0.2, 0.25) is 0 Å². The van der Waals surface area contributed by atoms with Crippen molar-refractivity contribution in [2.75, 3.05) is 5.01 Å². The number of anilines is 1. The highest BCUT2D eigenvalue weighted by molar-refractivity contribution is 7.10. The standard InChI is InChI=1S/C23H30N2O3S/c1-3-14-23(28,15-4-2)22(27)24-25(17-10-6-5-7-11-17)21(26)19-16-29-20-13-9-8-12-18(19)20/h5-7,10-11,16,28H,3-4,8-9,12-15H2,1-2H3,(H,24,27). The van der Waals surface area contributed by atoms with E-state index in [4.69, 9.17) is 0 Å². The highest BCUT2D eigenvalue weighted by atomic mass is 32.1. The number of aliphatic hydroxyl groups is 1. The van der Waals surface area contributed by atoms with Crippen LogP contribution in [0.15, 0.2) is 35.7 Å². The number of fused-ring (bicyclic) bond motifs is 1. The maximum Gasteiger partial charge on any atom is 0.278 e. The largest absolute Gasteiger partial charge is 0.380 e. The molecule has 0 bridgehead atoms. The first kappa shape index (κ1) is 21.5. The smallest absolute Gasteiger partial charge is 0.278 e. The Hall–Kier alpha value is -2.18. The molecule has 5 nitrogen and oxygen atoms in total. The zero-order chi connectivity index (χ0) is 20.9. The number of carbonyl (C=O) groups is 2. The predicted octanol–water partition coefficient (Wildman–Crippen LogP) is 4.64. The molecule has 1 aliphatic carbocycles. The van der Waals surface area contributed by atoms with Crippen LogP contribution in [0.25, 0.3) is 0 Å². The molecule has 0 radical (unpaired) electrons. The van der Waals surface area contributed by atoms with E-state index >= 15 is 0 Å². The van der Waals surface area contributed by atoms with Crippen LogP contribution < -0.4 is 10.4 Å². The minimum Gasteiger partial charge on any atom is -0.380 e. The van der Waals surface area contributed by atoms with E-state index in [1.165, 1.54) is 9.89 Å². The number of benzene rings is 1. The molecule has 1 aliphatic rings. The summed E-state index contributed by atoms with van der Waals surface area (Å²) in [4.78, 5) is 27.8. The molecule has 0 fully saturated rings. The number of nitrogens with zero attached hydrogens (tertiary/aromatic N) is 1. The maximum atomic E-state index is 13.5. The summed E-state index contributed by atoms with van der Waals surface area (Å²) >= 11 is 1.62. The molecule has 2 N–H and O–H groups in total. The summed E-state index contributed by atoms with van der Waals surface area (Å²) in [6.07, 6.45) is 6.22. The number of hydrogen-bond donors (Lipinski definition) is 2. The zero-order valence-electron chi connectivity index (χ0n) is 17.2. The second-order valence-electron chi connectivity index (χ2n) is 7.71. The number of amides is 2. The van der Waals surface area contributed by atoms with E-state index in [2.05, 4.69) is 5.43 Å². The van der Waals surface area contributed by atoms with E-state index in [-0.39, 0.29) is 5.91 Å². The van der Waals surface area contributed by atoms with Crippen molar-refractivity contribution >= 4 is 28.8 Å². The van der Waals surface area contributed by atoms with Crippen LogP contribution in [0, 0.1) is 0 Å². The number of rotatable bonds is 7. The van der Waals surface area contributed by atoms with E-state index in [1.807, 2.05) is 37.4 Å². The van der Waals surface area contributed by atoms with E-state index in [0.717, 1.165) is 31.2 Å². The average molecular weight is 415 g/mol. The summed E-state index contributed by atoms with van der Waals surface area (Å²) in [6, 6.07) is 9.10. The Labute approximate surface area is 176 Å². The normalized spacial score (nSPS) is 13.6. The van der Waals surface area contributed by atoms with Crippen LogP contribution in [-0.4, -0.2) is 22.5 Å². The number of para-hydroxylation sites is 1. The van der Waals surface area contributed by atoms with Crippen LogP contribution in [-0.2, 0) is 17.6 Å². The first-order valence-electron chi connectivity index (χ1n) is 10.5. The van der Waals surface area contributed by atoms with Gasteiger partial charge in [-0.15, -0.1) is 11.3 Å². The fourth-order valence-electron chi connectivity index (χ4n) is 3.99. The molecule has 0 atom stereocenters. The minimum absolute atomic E-state index is 0.251. The first-order chi connectivity index (χ1) is 14.0. The average Bonchev–Trinajstić information content (AvgIpc) is 3.16. The molecule has 156 valence electrons. The molecular weight excluding hydrogens is 384 g/mol. The predicted molar refractivity (Wildman–Crippen MR) is 117 cm³/mol. The van der Waals surface area contributed by atoms with E-state index in [1.54, 1.807) is 23.5 Å². The van der Waals surface area contributed by atoms with Crippen molar-refractivity contribution in [1.82, 2.24) is 5.43 Å². The molecule has 0 spiro atoms. The van der Waals surface area contributed by atoms with Gasteiger partial charge in [0.15, 0.2) is 0 Å². The van der Waals surface area contributed by atoms with E-state index < -0.39 is 11.5 Å². The summed E-state index contributed by atoms with van der Waals surface area (Å²) < 4.78 is 0. The molecule has 1 aromatic carbocycles. The molecule has 3 rings (SSSR count). The van der Waals surface area contributed by atoms with Gasteiger partial charge in [0.05, 0.1) is 11.3 Å². The number of aryl methyl sites for hydroxylation is 1. The molecule has 0 saturated heterocycles. The Morgan fingerprint density at radius 2 is 1.76 bits per heavy atom. The van der Waals surface area contributed by atoms with Gasteiger partial charge in [0.2, 0.25) is 0 Å². The number of hydrogen-bond acceptors (Lipinski definition) is 4. The molecule has 2 aromatic rings. The zero-order valence-corrected chi connectivity index (χ0v) is 18.1. The Morgan fingerprint density at radius 1 is 1.10 bits per heavy atom. The van der Waals surface area contributed by atoms with Crippen molar-refractivity contribution in [3.05, 3.63) is 51.7 Å². The fraction of sp³-hybridized carbons (Fsp3) is 0.478. The summed E-state index contributed by atoms with van der Waals surface area (Å²) in [5, 5.41) is 14.1. The third-order valence-electron chi connectivity index (χ3n) is 5.47. The van der Waals surface area contributed by atoms with Gasteiger partial charge in [-0.05, 0) is 56.2 Å². The highest BCUT2D eigenvalue weighted by Crippen LogP contribution is 2.32. The number of nitrogens with one attached hydrogen (secondary N) is 1. The lowest BCUT2D eigenvalue weighted by molar-refractivity contribution is -0.141. The molecule has 0 saturated carbocycles. The van der Waals surface area contributed by atoms with Crippen molar-refractivity contribution in [2.24, 2.45) is 0 Å². The first-order valence-corrected chi connectivity index (χ1v) is 11.4. The second-order valence-corrected chi connectivity index (χ2v) is 8.67. The van der Waals surface area contributed by atoms with Gasteiger partial charge in [-0.25, -0.2) is 5.01 Å². The summed E-state index contributed by atoms with van der Waals surface area (Å²) in [5.74, 6) is -0.776. The Morgan fingerprint density at radius 3 is 2.41 bits per heavy atom. The minimum atomic E-state index is -1.48. The number of thiophene rings is 1. The van der Waals surface area contributed by atoms with Crippen LogP contribution in [0.3, 0.4) is 0 Å². The van der Waals surface area contributed by atoms with Crippen LogP contribution in [0.4, 0.5) is 5.69 Å². The Bertz CT molecular complexity index is 841. The van der Waals surface area contributed by atoms with Crippen molar-refractivity contribution in [2.45, 2.75) is 70.8 Å². The van der Waals surface area contributed by atoms with Gasteiger partial charge in [-0.2, -0.15) is 0 Å². The van der Waals surface area contributed by atoms with Crippen molar-refractivity contribution in [3.63, 3.8) is 0 Å². The maximum absolute atomic E-state index is 13.5. The Balaban J connectivity index is 1.92. The summed E-state index contributed by atoms with van der Waals surface area (Å²) in [6.45, 7) is 3.87. The van der Waals surface area contributed by atoms with Gasteiger partial charge in [0.25, 0.3) is 11.8 Å². The molecule has 1 aromatic heterocycles. The van der Waals surface area contributed by atoms with Gasteiger partial charge < -0.3 is 5.11 Å². The quantitative estimate of drug-likeness (QED) is 0.649. The lowest BCUT2D eigenvalue weighted by Gasteiger charge is -2.31. The monoisotopic (exact) mass is 414 g/mol. The highest BCUT2D eigenvalue weighted by Gasteiger charge is 2.36. The van der Waals surface area contributed by atoms with E-state index in [0.29, 0.717) is 36.9 Å². The van der Waals surface area contributed by atoms with Gasteiger partial charge in [-0.1, -0.05) is 44.9 Å². The molecule has 29 heavy (non-hydrogen) atoms. The van der Waals surface area contributed by atoms with Crippen LogP contribution >= 0.6 is 11.3 Å². The van der Waals surface area contributed by atoms with Gasteiger partial charge in [0.1, 0.15) is 5.60 Å². The third-order valence-corrected chi connectivity index (χ3v) is 6.56. The van der Waals surface area contributed by atoms with Gasteiger partial charge >= 0.3 is 0 Å². The van der Waals surface area contributed by atoms with E-state index in [9.17, 15) is 14.7 Å². The SMILES string of the molecule is CCCC(O)(CCC)C(=O)NN(C(=O)c1csc2c1CCCC2)c1ccccc1. The second kappa shape index (κ2) is 9.55. The molecule has 1 heterocycles. The molecule has 2 amide bonds. The fourth-order valence-corrected chi connectivity index (χ4v) is 5.11. The Kier molecular flexibility index (Phi) is 7.09. The molecular formula is C23H30N2O3S. The van der Waals surface area contributed by atoms with Crippen LogP contribution in [0.1, 0.15) is 73.2 Å². The molecule has 0 unspecified atom stereocenters. The topological polar surface area (TPSA) is 69.6 Å². The number of carbonyl (C=O) groups excluding carboxylic acids is 2. The van der Waals surface area contributed by atoms with Gasteiger partial charge in [-0.3, -0.25) is 15.0 Å². The lowest BCUT2D eigenvalue weighted by atomic mass is 9.92. The molecule has 6 heteroatoms. The number of hydrazine groups is 1. The third kappa shape index (κ3) is 4.70. The van der Waals surface area contributed by atoms with Crippen LogP contribution in [0.5, 0.6) is 0 Å². The van der Waals surface area contributed by atoms with Crippen molar-refractivity contribution in [1.29, 1.82) is 0 Å².